The molecule has 0 radical (unpaired) electrons. The minimum absolute atomic E-state index is 0.267. The molecule has 3 rings (SSSR count). The number of likely N-dealkylation sites (tertiary alicyclic amines) is 1. The van der Waals surface area contributed by atoms with E-state index in [2.05, 4.69) is 9.88 Å². The van der Waals surface area contributed by atoms with Crippen LogP contribution in [0.4, 0.5) is 4.79 Å². The molecule has 0 spiro atoms. The number of aromatic nitrogens is 1. The molecular formula is C23H33N3O4. The van der Waals surface area contributed by atoms with E-state index in [1.165, 1.54) is 0 Å². The van der Waals surface area contributed by atoms with Crippen LogP contribution >= 0.6 is 0 Å². The molecule has 7 nitrogen and oxygen atoms in total. The van der Waals surface area contributed by atoms with Crippen LogP contribution in [0.3, 0.4) is 0 Å². The van der Waals surface area contributed by atoms with Gasteiger partial charge in [-0.05, 0) is 70.3 Å². The number of oxazole rings is 1. The van der Waals surface area contributed by atoms with E-state index in [-0.39, 0.29) is 6.09 Å². The predicted octanol–water partition coefficient (Wildman–Crippen LogP) is 4.43. The van der Waals surface area contributed by atoms with E-state index >= 15 is 0 Å². The summed E-state index contributed by atoms with van der Waals surface area (Å²) in [5.74, 6) is 2.69. The van der Waals surface area contributed by atoms with Crippen molar-refractivity contribution in [1.82, 2.24) is 14.8 Å². The van der Waals surface area contributed by atoms with Crippen LogP contribution in [-0.4, -0.2) is 60.3 Å². The molecule has 1 atom stereocenters. The topological polar surface area (TPSA) is 68.0 Å². The van der Waals surface area contributed by atoms with Crippen molar-refractivity contribution < 1.29 is 18.7 Å². The smallest absolute Gasteiger partial charge is 0.410 e. The Labute approximate surface area is 179 Å². The molecule has 1 amide bonds. The van der Waals surface area contributed by atoms with Crippen LogP contribution < -0.4 is 4.74 Å². The lowest BCUT2D eigenvalue weighted by atomic mass is 9.97. The molecule has 2 aromatic rings. The van der Waals surface area contributed by atoms with Crippen molar-refractivity contribution in [2.24, 2.45) is 5.92 Å². The average molecular weight is 416 g/mol. The summed E-state index contributed by atoms with van der Waals surface area (Å²) in [7, 11) is 3.46. The summed E-state index contributed by atoms with van der Waals surface area (Å²) in [5.41, 5.74) is 0.501. The summed E-state index contributed by atoms with van der Waals surface area (Å²) in [6, 6.07) is 7.75. The molecule has 0 bridgehead atoms. The Morgan fingerprint density at radius 3 is 2.70 bits per heavy atom. The van der Waals surface area contributed by atoms with Crippen molar-refractivity contribution in [3.8, 4) is 17.1 Å². The van der Waals surface area contributed by atoms with Gasteiger partial charge >= 0.3 is 6.09 Å². The second-order valence-electron chi connectivity index (χ2n) is 8.95. The highest BCUT2D eigenvalue weighted by atomic mass is 16.6. The zero-order chi connectivity index (χ0) is 21.7. The first kappa shape index (κ1) is 22.2. The third-order valence-electron chi connectivity index (χ3n) is 5.13. The van der Waals surface area contributed by atoms with Gasteiger partial charge in [-0.15, -0.1) is 0 Å². The van der Waals surface area contributed by atoms with Crippen molar-refractivity contribution >= 4 is 6.09 Å². The lowest BCUT2D eigenvalue weighted by molar-refractivity contribution is 0.0239. The van der Waals surface area contributed by atoms with Gasteiger partial charge in [0.15, 0.2) is 5.76 Å². The van der Waals surface area contributed by atoms with Crippen molar-refractivity contribution in [2.45, 2.75) is 45.8 Å². The zero-order valence-electron chi connectivity index (χ0n) is 18.7. The van der Waals surface area contributed by atoms with Crippen LogP contribution in [0, 0.1) is 5.92 Å². The third-order valence-corrected chi connectivity index (χ3v) is 5.13. The molecule has 0 aliphatic carbocycles. The Morgan fingerprint density at radius 1 is 1.30 bits per heavy atom. The first-order chi connectivity index (χ1) is 14.2. The molecule has 0 unspecified atom stereocenters. The Balaban J connectivity index is 1.53. The molecular weight excluding hydrogens is 382 g/mol. The number of hydrogen-bond donors (Lipinski definition) is 0. The highest BCUT2D eigenvalue weighted by Crippen LogP contribution is 2.25. The largest absolute Gasteiger partial charge is 0.497 e. The average Bonchev–Trinajstić information content (AvgIpc) is 3.15. The summed E-state index contributed by atoms with van der Waals surface area (Å²) in [4.78, 5) is 20.7. The quantitative estimate of drug-likeness (QED) is 0.695. The number of ether oxygens (including phenoxy) is 2. The van der Waals surface area contributed by atoms with E-state index in [1.807, 2.05) is 52.1 Å². The molecule has 30 heavy (non-hydrogen) atoms. The second kappa shape index (κ2) is 9.51. The number of nitrogens with zero attached hydrogens (tertiary/aromatic N) is 3. The standard InChI is InChI=1S/C23H33N3O4/c1-23(2,3)30-22(27)25(4)14-17-7-6-12-26(15-17)16-21-24-13-20(29-21)18-8-10-19(28-5)11-9-18/h8-11,13,17H,6-7,12,14-16H2,1-5H3/t17-/m1/s1. The van der Waals surface area contributed by atoms with E-state index in [4.69, 9.17) is 13.9 Å². The van der Waals surface area contributed by atoms with Gasteiger partial charge in [0, 0.05) is 25.7 Å². The Morgan fingerprint density at radius 2 is 2.03 bits per heavy atom. The Bertz CT molecular complexity index is 826. The van der Waals surface area contributed by atoms with E-state index < -0.39 is 5.60 Å². The van der Waals surface area contributed by atoms with Crippen LogP contribution in [0.25, 0.3) is 11.3 Å². The minimum Gasteiger partial charge on any atom is -0.497 e. The van der Waals surface area contributed by atoms with Gasteiger partial charge in [-0.2, -0.15) is 0 Å². The van der Waals surface area contributed by atoms with E-state index in [0.717, 1.165) is 43.0 Å². The predicted molar refractivity (Wildman–Crippen MR) is 115 cm³/mol. The maximum absolute atomic E-state index is 12.2. The zero-order valence-corrected chi connectivity index (χ0v) is 18.7. The van der Waals surface area contributed by atoms with Gasteiger partial charge in [-0.1, -0.05) is 0 Å². The van der Waals surface area contributed by atoms with Crippen LogP contribution in [0.1, 0.15) is 39.5 Å². The van der Waals surface area contributed by atoms with Crippen molar-refractivity contribution in [2.75, 3.05) is 33.8 Å². The van der Waals surface area contributed by atoms with Gasteiger partial charge in [0.1, 0.15) is 11.4 Å². The molecule has 1 fully saturated rings. The number of carbonyl (C=O) groups excluding carboxylic acids is 1. The summed E-state index contributed by atoms with van der Waals surface area (Å²) < 4.78 is 16.6. The molecule has 1 aromatic carbocycles. The summed E-state index contributed by atoms with van der Waals surface area (Å²) in [6.07, 6.45) is 3.71. The highest BCUT2D eigenvalue weighted by Gasteiger charge is 2.26. The number of carbonyl (C=O) groups is 1. The maximum Gasteiger partial charge on any atom is 0.410 e. The van der Waals surface area contributed by atoms with E-state index in [0.29, 0.717) is 24.9 Å². The molecule has 1 aliphatic rings. The molecule has 2 heterocycles. The highest BCUT2D eigenvalue weighted by molar-refractivity contribution is 5.67. The van der Waals surface area contributed by atoms with Crippen molar-refractivity contribution in [3.05, 3.63) is 36.4 Å². The molecule has 0 N–H and O–H groups in total. The number of benzene rings is 1. The molecule has 1 aliphatic heterocycles. The fraction of sp³-hybridized carbons (Fsp3) is 0.565. The Hall–Kier alpha value is -2.54. The summed E-state index contributed by atoms with van der Waals surface area (Å²) in [5, 5.41) is 0. The van der Waals surface area contributed by atoms with Gasteiger partial charge < -0.3 is 18.8 Å². The number of hydrogen-bond acceptors (Lipinski definition) is 6. The van der Waals surface area contributed by atoms with Gasteiger partial charge in [0.05, 0.1) is 19.9 Å². The molecule has 164 valence electrons. The fourth-order valence-corrected chi connectivity index (χ4v) is 3.71. The minimum atomic E-state index is -0.476. The number of piperidine rings is 1. The fourth-order valence-electron chi connectivity index (χ4n) is 3.71. The number of methoxy groups -OCH3 is 1. The molecule has 1 saturated heterocycles. The monoisotopic (exact) mass is 415 g/mol. The van der Waals surface area contributed by atoms with E-state index in [1.54, 1.807) is 18.2 Å². The van der Waals surface area contributed by atoms with Gasteiger partial charge in [0.2, 0.25) is 5.89 Å². The lowest BCUT2D eigenvalue weighted by Crippen LogP contribution is -2.42. The third kappa shape index (κ3) is 6.23. The molecule has 7 heteroatoms. The number of amides is 1. The van der Waals surface area contributed by atoms with Crippen LogP contribution in [0.2, 0.25) is 0 Å². The first-order valence-electron chi connectivity index (χ1n) is 10.5. The van der Waals surface area contributed by atoms with Gasteiger partial charge in [-0.25, -0.2) is 9.78 Å². The summed E-state index contributed by atoms with van der Waals surface area (Å²) >= 11 is 0. The van der Waals surface area contributed by atoms with E-state index in [9.17, 15) is 4.79 Å². The summed E-state index contributed by atoms with van der Waals surface area (Å²) in [6.45, 7) is 8.93. The molecule has 1 aromatic heterocycles. The van der Waals surface area contributed by atoms with Crippen molar-refractivity contribution in [3.63, 3.8) is 0 Å². The van der Waals surface area contributed by atoms with Crippen molar-refractivity contribution in [1.29, 1.82) is 0 Å². The normalized spacial score (nSPS) is 17.6. The van der Waals surface area contributed by atoms with Gasteiger partial charge in [-0.3, -0.25) is 4.90 Å². The second-order valence-corrected chi connectivity index (χ2v) is 8.95. The van der Waals surface area contributed by atoms with Crippen LogP contribution in [0.15, 0.2) is 34.9 Å². The van der Waals surface area contributed by atoms with Crippen LogP contribution in [-0.2, 0) is 11.3 Å². The maximum atomic E-state index is 12.2. The van der Waals surface area contributed by atoms with Crippen LogP contribution in [0.5, 0.6) is 5.75 Å². The molecule has 0 saturated carbocycles. The Kier molecular flexibility index (Phi) is 7.02. The number of rotatable bonds is 6. The lowest BCUT2D eigenvalue weighted by Gasteiger charge is -2.34. The SMILES string of the molecule is COc1ccc(-c2cnc(CN3CCC[C@H](CN(C)C(=O)OC(C)(C)C)C3)o2)cc1. The van der Waals surface area contributed by atoms with Gasteiger partial charge in [0.25, 0.3) is 0 Å². The first-order valence-corrected chi connectivity index (χ1v) is 10.5.